The molecule has 19 heavy (non-hydrogen) atoms. The second-order valence-corrected chi connectivity index (χ2v) is 5.37. The Labute approximate surface area is 115 Å². The number of carbonyl (C=O) groups is 1. The smallest absolute Gasteiger partial charge is 0.251 e. The minimum Gasteiger partial charge on any atom is -0.349 e. The predicted octanol–water partition coefficient (Wildman–Crippen LogP) is 2.50. The minimum atomic E-state index is 0.0581. The summed E-state index contributed by atoms with van der Waals surface area (Å²) in [4.78, 5) is 12.4. The van der Waals surface area contributed by atoms with Crippen molar-refractivity contribution in [3.63, 3.8) is 0 Å². The zero-order valence-corrected chi connectivity index (χ0v) is 11.7. The first-order valence-corrected chi connectivity index (χ1v) is 7.35. The van der Waals surface area contributed by atoms with Crippen LogP contribution in [0.3, 0.4) is 0 Å². The SMILES string of the molecule is CCc1ccccc1C(=O)NC1CCCCC1CN. The van der Waals surface area contributed by atoms with Gasteiger partial charge >= 0.3 is 0 Å². The van der Waals surface area contributed by atoms with Crippen LogP contribution in [-0.4, -0.2) is 18.5 Å². The molecule has 2 rings (SSSR count). The number of rotatable bonds is 4. The van der Waals surface area contributed by atoms with E-state index in [0.29, 0.717) is 12.5 Å². The summed E-state index contributed by atoms with van der Waals surface area (Å²) in [6.45, 7) is 2.75. The molecule has 2 atom stereocenters. The van der Waals surface area contributed by atoms with E-state index in [1.807, 2.05) is 24.3 Å². The van der Waals surface area contributed by atoms with Crippen LogP contribution in [0.15, 0.2) is 24.3 Å². The molecular weight excluding hydrogens is 236 g/mol. The summed E-state index contributed by atoms with van der Waals surface area (Å²) >= 11 is 0. The molecule has 0 bridgehead atoms. The van der Waals surface area contributed by atoms with Gasteiger partial charge in [0.05, 0.1) is 0 Å². The van der Waals surface area contributed by atoms with Gasteiger partial charge in [-0.15, -0.1) is 0 Å². The summed E-state index contributed by atoms with van der Waals surface area (Å²) in [5.41, 5.74) is 7.74. The van der Waals surface area contributed by atoms with Crippen molar-refractivity contribution in [2.45, 2.75) is 45.1 Å². The van der Waals surface area contributed by atoms with Gasteiger partial charge in [-0.3, -0.25) is 4.79 Å². The summed E-state index contributed by atoms with van der Waals surface area (Å²) in [7, 11) is 0. The molecule has 1 amide bonds. The lowest BCUT2D eigenvalue weighted by Crippen LogP contribution is -2.44. The third-order valence-corrected chi connectivity index (χ3v) is 4.17. The number of hydrogen-bond donors (Lipinski definition) is 2. The van der Waals surface area contributed by atoms with Crippen LogP contribution < -0.4 is 11.1 Å². The molecule has 3 nitrogen and oxygen atoms in total. The van der Waals surface area contributed by atoms with Crippen LogP contribution in [0, 0.1) is 5.92 Å². The number of nitrogens with two attached hydrogens (primary N) is 1. The Morgan fingerprint density at radius 1 is 1.32 bits per heavy atom. The van der Waals surface area contributed by atoms with Crippen LogP contribution in [0.5, 0.6) is 0 Å². The normalized spacial score (nSPS) is 23.1. The molecular formula is C16H24N2O. The number of amides is 1. The second-order valence-electron chi connectivity index (χ2n) is 5.37. The first-order valence-electron chi connectivity index (χ1n) is 7.35. The molecule has 3 N–H and O–H groups in total. The van der Waals surface area contributed by atoms with Crippen molar-refractivity contribution in [2.24, 2.45) is 11.7 Å². The van der Waals surface area contributed by atoms with Gasteiger partial charge in [0.2, 0.25) is 0 Å². The van der Waals surface area contributed by atoms with Crippen molar-refractivity contribution in [1.29, 1.82) is 0 Å². The van der Waals surface area contributed by atoms with Crippen molar-refractivity contribution >= 4 is 5.91 Å². The highest BCUT2D eigenvalue weighted by Gasteiger charge is 2.25. The fourth-order valence-corrected chi connectivity index (χ4v) is 2.98. The molecule has 0 aliphatic heterocycles. The van der Waals surface area contributed by atoms with Crippen molar-refractivity contribution in [3.8, 4) is 0 Å². The van der Waals surface area contributed by atoms with Gasteiger partial charge in [0, 0.05) is 11.6 Å². The zero-order chi connectivity index (χ0) is 13.7. The molecule has 0 heterocycles. The number of benzene rings is 1. The van der Waals surface area contributed by atoms with E-state index in [1.54, 1.807) is 0 Å². The zero-order valence-electron chi connectivity index (χ0n) is 11.7. The van der Waals surface area contributed by atoms with Gasteiger partial charge in [-0.1, -0.05) is 38.0 Å². The fourth-order valence-electron chi connectivity index (χ4n) is 2.98. The van der Waals surface area contributed by atoms with Crippen molar-refractivity contribution in [1.82, 2.24) is 5.32 Å². The van der Waals surface area contributed by atoms with Crippen molar-refractivity contribution < 1.29 is 4.79 Å². The van der Waals surface area contributed by atoms with Crippen LogP contribution in [0.2, 0.25) is 0 Å². The minimum absolute atomic E-state index is 0.0581. The molecule has 0 radical (unpaired) electrons. The van der Waals surface area contributed by atoms with Crippen molar-refractivity contribution in [2.75, 3.05) is 6.54 Å². The van der Waals surface area contributed by atoms with Gasteiger partial charge in [-0.25, -0.2) is 0 Å². The maximum atomic E-state index is 12.4. The molecule has 3 heteroatoms. The maximum absolute atomic E-state index is 12.4. The van der Waals surface area contributed by atoms with Gasteiger partial charge in [-0.05, 0) is 43.4 Å². The fraction of sp³-hybridized carbons (Fsp3) is 0.562. The molecule has 1 aromatic carbocycles. The maximum Gasteiger partial charge on any atom is 0.251 e. The molecule has 0 aromatic heterocycles. The average molecular weight is 260 g/mol. The molecule has 1 aliphatic rings. The molecule has 2 unspecified atom stereocenters. The number of aryl methyl sites for hydroxylation is 1. The van der Waals surface area contributed by atoms with Crippen molar-refractivity contribution in [3.05, 3.63) is 35.4 Å². The molecule has 1 aliphatic carbocycles. The van der Waals surface area contributed by atoms with E-state index in [9.17, 15) is 4.79 Å². The molecule has 1 fully saturated rings. The van der Waals surface area contributed by atoms with Gasteiger partial charge in [0.15, 0.2) is 0 Å². The highest BCUT2D eigenvalue weighted by atomic mass is 16.1. The molecule has 0 saturated heterocycles. The van der Waals surface area contributed by atoms with E-state index in [1.165, 1.54) is 12.8 Å². The monoisotopic (exact) mass is 260 g/mol. The van der Waals surface area contributed by atoms with Crippen LogP contribution in [0.1, 0.15) is 48.5 Å². The van der Waals surface area contributed by atoms with Gasteiger partial charge < -0.3 is 11.1 Å². The van der Waals surface area contributed by atoms with E-state index >= 15 is 0 Å². The first-order chi connectivity index (χ1) is 9.26. The Hall–Kier alpha value is -1.35. The van der Waals surface area contributed by atoms with Crippen LogP contribution >= 0.6 is 0 Å². The third-order valence-electron chi connectivity index (χ3n) is 4.17. The van der Waals surface area contributed by atoms with E-state index in [2.05, 4.69) is 12.2 Å². The molecule has 0 spiro atoms. The standard InChI is InChI=1S/C16H24N2O/c1-2-12-7-3-5-9-14(12)16(19)18-15-10-6-4-8-13(15)11-17/h3,5,7,9,13,15H,2,4,6,8,10-11,17H2,1H3,(H,18,19). The van der Waals surface area contributed by atoms with Gasteiger partial charge in [0.25, 0.3) is 5.91 Å². The summed E-state index contributed by atoms with van der Waals surface area (Å²) in [5.74, 6) is 0.495. The Balaban J connectivity index is 2.07. The lowest BCUT2D eigenvalue weighted by atomic mass is 9.84. The quantitative estimate of drug-likeness (QED) is 0.874. The molecule has 104 valence electrons. The van der Waals surface area contributed by atoms with Gasteiger partial charge in [0.1, 0.15) is 0 Å². The van der Waals surface area contributed by atoms with E-state index in [4.69, 9.17) is 5.73 Å². The Morgan fingerprint density at radius 3 is 2.79 bits per heavy atom. The Bertz CT molecular complexity index is 431. The molecule has 1 aromatic rings. The lowest BCUT2D eigenvalue weighted by molar-refractivity contribution is 0.0907. The summed E-state index contributed by atoms with van der Waals surface area (Å²) in [6, 6.07) is 8.09. The van der Waals surface area contributed by atoms with E-state index < -0.39 is 0 Å². The largest absolute Gasteiger partial charge is 0.349 e. The van der Waals surface area contributed by atoms with E-state index in [0.717, 1.165) is 30.4 Å². The second kappa shape index (κ2) is 6.71. The Kier molecular flexibility index (Phi) is 4.97. The summed E-state index contributed by atoms with van der Waals surface area (Å²) < 4.78 is 0. The summed E-state index contributed by atoms with van der Waals surface area (Å²) in [6.07, 6.45) is 5.50. The topological polar surface area (TPSA) is 55.1 Å². The van der Waals surface area contributed by atoms with Crippen LogP contribution in [0.25, 0.3) is 0 Å². The highest BCUT2D eigenvalue weighted by molar-refractivity contribution is 5.95. The van der Waals surface area contributed by atoms with Crippen LogP contribution in [0.4, 0.5) is 0 Å². The summed E-state index contributed by atoms with van der Waals surface area (Å²) in [5, 5.41) is 3.19. The van der Waals surface area contributed by atoms with Crippen LogP contribution in [-0.2, 0) is 6.42 Å². The number of nitrogens with one attached hydrogen (secondary N) is 1. The number of carbonyl (C=O) groups excluding carboxylic acids is 1. The third kappa shape index (κ3) is 3.35. The number of hydrogen-bond acceptors (Lipinski definition) is 2. The van der Waals surface area contributed by atoms with Gasteiger partial charge in [-0.2, -0.15) is 0 Å². The average Bonchev–Trinajstić information content (AvgIpc) is 2.47. The highest BCUT2D eigenvalue weighted by Crippen LogP contribution is 2.24. The first kappa shape index (κ1) is 14.1. The predicted molar refractivity (Wildman–Crippen MR) is 78.1 cm³/mol. The molecule has 1 saturated carbocycles. The lowest BCUT2D eigenvalue weighted by Gasteiger charge is -2.31. The van der Waals surface area contributed by atoms with E-state index in [-0.39, 0.29) is 11.9 Å². The Morgan fingerprint density at radius 2 is 2.05 bits per heavy atom.